The Morgan fingerprint density at radius 1 is 1.28 bits per heavy atom. The van der Waals surface area contributed by atoms with Gasteiger partial charge in [0.1, 0.15) is 0 Å². The van der Waals surface area contributed by atoms with Crippen molar-refractivity contribution < 1.29 is 4.79 Å². The van der Waals surface area contributed by atoms with Crippen molar-refractivity contribution in [3.8, 4) is 0 Å². The van der Waals surface area contributed by atoms with E-state index in [1.165, 1.54) is 6.92 Å². The highest BCUT2D eigenvalue weighted by Crippen LogP contribution is 2.19. The van der Waals surface area contributed by atoms with E-state index in [0.29, 0.717) is 5.69 Å². The number of carbonyl (C=O) groups is 1. The number of benzene rings is 1. The van der Waals surface area contributed by atoms with E-state index in [4.69, 9.17) is 5.73 Å². The Morgan fingerprint density at radius 3 is 2.56 bits per heavy atom. The van der Waals surface area contributed by atoms with Crippen LogP contribution in [-0.2, 0) is 4.79 Å². The van der Waals surface area contributed by atoms with Crippen molar-refractivity contribution >= 4 is 11.6 Å². The quantitative estimate of drug-likeness (QED) is 0.854. The lowest BCUT2D eigenvalue weighted by Gasteiger charge is -2.11. The lowest BCUT2D eigenvalue weighted by molar-refractivity contribution is -0.114. The van der Waals surface area contributed by atoms with E-state index in [2.05, 4.69) is 15.3 Å². The average molecular weight is 242 g/mol. The summed E-state index contributed by atoms with van der Waals surface area (Å²) < 4.78 is 0. The Kier molecular flexibility index (Phi) is 3.64. The Balaban J connectivity index is 2.17. The minimum absolute atomic E-state index is 0.0963. The molecule has 3 N–H and O–H groups in total. The van der Waals surface area contributed by atoms with Crippen molar-refractivity contribution in [1.82, 2.24) is 9.97 Å². The van der Waals surface area contributed by atoms with Gasteiger partial charge in [-0.15, -0.1) is 0 Å². The third-order valence-electron chi connectivity index (χ3n) is 2.49. The van der Waals surface area contributed by atoms with Crippen LogP contribution in [0, 0.1) is 0 Å². The first-order chi connectivity index (χ1) is 8.66. The lowest BCUT2D eigenvalue weighted by atomic mass is 10.0. The maximum atomic E-state index is 10.9. The van der Waals surface area contributed by atoms with E-state index >= 15 is 0 Å². The van der Waals surface area contributed by atoms with Gasteiger partial charge in [0.25, 0.3) is 0 Å². The summed E-state index contributed by atoms with van der Waals surface area (Å²) in [5.41, 5.74) is 8.46. The molecule has 1 atom stereocenters. The Morgan fingerprint density at radius 2 is 2.00 bits per heavy atom. The van der Waals surface area contributed by atoms with E-state index in [9.17, 15) is 4.79 Å². The molecule has 2 aromatic rings. The summed E-state index contributed by atoms with van der Waals surface area (Å²) in [6.45, 7) is 1.47. The van der Waals surface area contributed by atoms with Crippen molar-refractivity contribution in [1.29, 1.82) is 0 Å². The zero-order valence-corrected chi connectivity index (χ0v) is 10.00. The van der Waals surface area contributed by atoms with Gasteiger partial charge in [-0.2, -0.15) is 0 Å². The summed E-state index contributed by atoms with van der Waals surface area (Å²) in [7, 11) is 0. The van der Waals surface area contributed by atoms with Gasteiger partial charge in [0.2, 0.25) is 5.91 Å². The number of nitrogens with one attached hydrogen (secondary N) is 1. The van der Waals surface area contributed by atoms with Crippen LogP contribution in [0.25, 0.3) is 0 Å². The molecule has 0 aliphatic rings. The zero-order valence-electron chi connectivity index (χ0n) is 10.00. The van der Waals surface area contributed by atoms with Crippen molar-refractivity contribution in [2.24, 2.45) is 5.73 Å². The first kappa shape index (κ1) is 12.2. The van der Waals surface area contributed by atoms with Gasteiger partial charge in [0.05, 0.1) is 17.9 Å². The molecule has 5 nitrogen and oxygen atoms in total. The van der Waals surface area contributed by atoms with Crippen LogP contribution < -0.4 is 11.1 Å². The molecule has 0 spiro atoms. The Bertz CT molecular complexity index is 524. The Labute approximate surface area is 105 Å². The second-order valence-electron chi connectivity index (χ2n) is 3.91. The number of carbonyl (C=O) groups excluding carboxylic acids is 1. The molecule has 1 unspecified atom stereocenters. The summed E-state index contributed by atoms with van der Waals surface area (Å²) in [6, 6.07) is 7.04. The van der Waals surface area contributed by atoms with E-state index in [0.717, 1.165) is 11.3 Å². The average Bonchev–Trinajstić information content (AvgIpc) is 2.39. The number of nitrogens with zero attached hydrogens (tertiary/aromatic N) is 2. The number of rotatable bonds is 3. The molecule has 5 heteroatoms. The fourth-order valence-electron chi connectivity index (χ4n) is 1.62. The zero-order chi connectivity index (χ0) is 13.0. The third-order valence-corrected chi connectivity index (χ3v) is 2.49. The normalized spacial score (nSPS) is 11.9. The highest BCUT2D eigenvalue weighted by Gasteiger charge is 2.10. The van der Waals surface area contributed by atoms with Crippen LogP contribution in [-0.4, -0.2) is 15.9 Å². The highest BCUT2D eigenvalue weighted by molar-refractivity contribution is 5.88. The molecule has 2 rings (SSSR count). The molecule has 0 fully saturated rings. The fourth-order valence-corrected chi connectivity index (χ4v) is 1.62. The van der Waals surface area contributed by atoms with E-state index in [1.54, 1.807) is 18.6 Å². The van der Waals surface area contributed by atoms with Crippen LogP contribution in [0.1, 0.15) is 24.2 Å². The second-order valence-corrected chi connectivity index (χ2v) is 3.91. The number of hydrogen-bond donors (Lipinski definition) is 2. The standard InChI is InChI=1S/C13H14N4O/c1-9(18)17-11-4-2-10(3-5-11)13(14)12-8-15-6-7-16-12/h2-8,13H,14H2,1H3,(H,17,18). The summed E-state index contributed by atoms with van der Waals surface area (Å²) in [5, 5.41) is 2.70. The number of nitrogens with two attached hydrogens (primary N) is 1. The van der Waals surface area contributed by atoms with Gasteiger partial charge >= 0.3 is 0 Å². The van der Waals surface area contributed by atoms with Crippen molar-refractivity contribution in [3.05, 3.63) is 54.1 Å². The molecule has 0 bridgehead atoms. The first-order valence-corrected chi connectivity index (χ1v) is 5.56. The summed E-state index contributed by atoms with van der Waals surface area (Å²) in [4.78, 5) is 19.1. The van der Waals surface area contributed by atoms with Gasteiger partial charge < -0.3 is 11.1 Å². The fraction of sp³-hybridized carbons (Fsp3) is 0.154. The van der Waals surface area contributed by atoms with Crippen LogP contribution in [0.4, 0.5) is 5.69 Å². The summed E-state index contributed by atoms with van der Waals surface area (Å²) in [5.74, 6) is -0.0963. The molecule has 0 saturated carbocycles. The smallest absolute Gasteiger partial charge is 0.221 e. The molecular weight excluding hydrogens is 228 g/mol. The van der Waals surface area contributed by atoms with E-state index in [-0.39, 0.29) is 11.9 Å². The van der Waals surface area contributed by atoms with Crippen LogP contribution in [0.5, 0.6) is 0 Å². The van der Waals surface area contributed by atoms with Crippen LogP contribution in [0.3, 0.4) is 0 Å². The molecule has 0 saturated heterocycles. The molecule has 1 aromatic heterocycles. The van der Waals surface area contributed by atoms with Gasteiger partial charge in [-0.1, -0.05) is 12.1 Å². The van der Waals surface area contributed by atoms with Gasteiger partial charge in [0.15, 0.2) is 0 Å². The van der Waals surface area contributed by atoms with Gasteiger partial charge in [0, 0.05) is 25.0 Å². The van der Waals surface area contributed by atoms with Gasteiger partial charge in [-0.3, -0.25) is 14.8 Å². The van der Waals surface area contributed by atoms with Crippen LogP contribution in [0.2, 0.25) is 0 Å². The molecule has 1 heterocycles. The molecule has 18 heavy (non-hydrogen) atoms. The number of anilines is 1. The van der Waals surface area contributed by atoms with Crippen LogP contribution in [0.15, 0.2) is 42.9 Å². The largest absolute Gasteiger partial charge is 0.326 e. The SMILES string of the molecule is CC(=O)Nc1ccc(C(N)c2cnccn2)cc1. The third kappa shape index (κ3) is 2.89. The topological polar surface area (TPSA) is 80.9 Å². The number of amides is 1. The molecular formula is C13H14N4O. The summed E-state index contributed by atoms with van der Waals surface area (Å²) in [6.07, 6.45) is 4.86. The first-order valence-electron chi connectivity index (χ1n) is 5.56. The number of aromatic nitrogens is 2. The summed E-state index contributed by atoms with van der Waals surface area (Å²) >= 11 is 0. The molecule has 1 aromatic carbocycles. The molecule has 92 valence electrons. The Hall–Kier alpha value is -2.27. The van der Waals surface area contributed by atoms with E-state index < -0.39 is 0 Å². The minimum Gasteiger partial charge on any atom is -0.326 e. The molecule has 0 radical (unpaired) electrons. The van der Waals surface area contributed by atoms with E-state index in [1.807, 2.05) is 24.3 Å². The van der Waals surface area contributed by atoms with Crippen molar-refractivity contribution in [3.63, 3.8) is 0 Å². The minimum atomic E-state index is -0.315. The molecule has 1 amide bonds. The lowest BCUT2D eigenvalue weighted by Crippen LogP contribution is -2.14. The number of hydrogen-bond acceptors (Lipinski definition) is 4. The molecule has 0 aliphatic heterocycles. The van der Waals surface area contributed by atoms with Gasteiger partial charge in [-0.25, -0.2) is 0 Å². The second kappa shape index (κ2) is 5.37. The predicted molar refractivity (Wildman–Crippen MR) is 68.8 cm³/mol. The molecule has 0 aliphatic carbocycles. The van der Waals surface area contributed by atoms with Gasteiger partial charge in [-0.05, 0) is 17.7 Å². The highest BCUT2D eigenvalue weighted by atomic mass is 16.1. The maximum Gasteiger partial charge on any atom is 0.221 e. The van der Waals surface area contributed by atoms with Crippen molar-refractivity contribution in [2.75, 3.05) is 5.32 Å². The maximum absolute atomic E-state index is 10.9. The predicted octanol–water partition coefficient (Wildman–Crippen LogP) is 1.48. The van der Waals surface area contributed by atoms with Crippen molar-refractivity contribution in [2.45, 2.75) is 13.0 Å². The monoisotopic (exact) mass is 242 g/mol. The van der Waals surface area contributed by atoms with Crippen LogP contribution >= 0.6 is 0 Å².